The van der Waals surface area contributed by atoms with Crippen LogP contribution in [-0.2, 0) is 11.3 Å². The Hall–Kier alpha value is -0.580. The molecule has 0 fully saturated rings. The lowest BCUT2D eigenvalue weighted by Crippen LogP contribution is -2.42. The van der Waals surface area contributed by atoms with E-state index in [1.807, 2.05) is 32.0 Å². The third kappa shape index (κ3) is 4.96. The number of halogens is 2. The lowest BCUT2D eigenvalue weighted by Gasteiger charge is -2.14. The van der Waals surface area contributed by atoms with Crippen LogP contribution in [0.4, 0.5) is 0 Å². The highest BCUT2D eigenvalue weighted by Gasteiger charge is 2.11. The van der Waals surface area contributed by atoms with Crippen molar-refractivity contribution in [2.24, 2.45) is 0 Å². The molecular formula is C13H18BrClN2O. The van der Waals surface area contributed by atoms with E-state index >= 15 is 0 Å². The molecule has 1 aromatic rings. The minimum absolute atomic E-state index is 0.0231. The molecule has 0 aliphatic heterocycles. The molecule has 0 radical (unpaired) electrons. The van der Waals surface area contributed by atoms with Gasteiger partial charge in [0.05, 0.1) is 6.04 Å². The smallest absolute Gasteiger partial charge is 0.236 e. The number of hydrogen-bond donors (Lipinski definition) is 2. The van der Waals surface area contributed by atoms with E-state index in [0.29, 0.717) is 18.1 Å². The molecule has 1 rings (SSSR count). The van der Waals surface area contributed by atoms with Gasteiger partial charge in [-0.2, -0.15) is 0 Å². The van der Waals surface area contributed by atoms with E-state index in [1.165, 1.54) is 0 Å². The maximum absolute atomic E-state index is 11.7. The Bertz CT molecular complexity index is 412. The van der Waals surface area contributed by atoms with E-state index in [1.54, 1.807) is 0 Å². The lowest BCUT2D eigenvalue weighted by molar-refractivity contribution is -0.122. The Labute approximate surface area is 121 Å². The first-order valence-corrected chi connectivity index (χ1v) is 7.16. The highest BCUT2D eigenvalue weighted by Crippen LogP contribution is 2.20. The summed E-state index contributed by atoms with van der Waals surface area (Å²) < 4.78 is 0.987. The molecule has 5 heteroatoms. The summed E-state index contributed by atoms with van der Waals surface area (Å²) in [7, 11) is 0. The van der Waals surface area contributed by atoms with Crippen LogP contribution in [-0.4, -0.2) is 18.5 Å². The normalized spacial score (nSPS) is 12.2. The van der Waals surface area contributed by atoms with Gasteiger partial charge in [0.2, 0.25) is 5.91 Å². The summed E-state index contributed by atoms with van der Waals surface area (Å²) in [5.74, 6) is 0.0231. The van der Waals surface area contributed by atoms with E-state index in [2.05, 4.69) is 26.6 Å². The summed E-state index contributed by atoms with van der Waals surface area (Å²) in [6.07, 6.45) is 0.943. The fourth-order valence-electron chi connectivity index (χ4n) is 1.44. The minimum Gasteiger partial charge on any atom is -0.355 e. The van der Waals surface area contributed by atoms with Gasteiger partial charge in [0.15, 0.2) is 0 Å². The van der Waals surface area contributed by atoms with Crippen molar-refractivity contribution in [2.75, 3.05) is 6.54 Å². The topological polar surface area (TPSA) is 41.1 Å². The van der Waals surface area contributed by atoms with Gasteiger partial charge in [-0.3, -0.25) is 4.79 Å². The van der Waals surface area contributed by atoms with Crippen LogP contribution in [0.1, 0.15) is 25.8 Å². The first kappa shape index (κ1) is 15.5. The first-order valence-electron chi connectivity index (χ1n) is 5.99. The number of nitrogens with one attached hydrogen (secondary N) is 2. The Kier molecular flexibility index (Phi) is 6.68. The maximum atomic E-state index is 11.7. The van der Waals surface area contributed by atoms with Crippen molar-refractivity contribution in [3.05, 3.63) is 33.3 Å². The molecule has 1 atom stereocenters. The van der Waals surface area contributed by atoms with Gasteiger partial charge in [-0.05, 0) is 37.1 Å². The second-order valence-electron chi connectivity index (χ2n) is 4.13. The van der Waals surface area contributed by atoms with Gasteiger partial charge in [0, 0.05) is 22.6 Å². The van der Waals surface area contributed by atoms with E-state index in [0.717, 1.165) is 16.5 Å². The monoisotopic (exact) mass is 332 g/mol. The molecule has 0 saturated heterocycles. The fraction of sp³-hybridized carbons (Fsp3) is 0.462. The molecule has 100 valence electrons. The summed E-state index contributed by atoms with van der Waals surface area (Å²) in [5, 5.41) is 6.72. The Morgan fingerprint density at radius 2 is 2.22 bits per heavy atom. The summed E-state index contributed by atoms with van der Waals surface area (Å²) in [6.45, 7) is 5.19. The predicted molar refractivity (Wildman–Crippen MR) is 78.8 cm³/mol. The van der Waals surface area contributed by atoms with Crippen molar-refractivity contribution in [3.8, 4) is 0 Å². The number of carbonyl (C=O) groups excluding carboxylic acids is 1. The van der Waals surface area contributed by atoms with Crippen molar-refractivity contribution in [2.45, 2.75) is 32.9 Å². The van der Waals surface area contributed by atoms with Gasteiger partial charge >= 0.3 is 0 Å². The van der Waals surface area contributed by atoms with E-state index in [9.17, 15) is 4.79 Å². The molecule has 0 aliphatic carbocycles. The highest BCUT2D eigenvalue weighted by atomic mass is 79.9. The Morgan fingerprint density at radius 1 is 1.50 bits per heavy atom. The maximum Gasteiger partial charge on any atom is 0.236 e. The van der Waals surface area contributed by atoms with Crippen LogP contribution in [0.2, 0.25) is 5.02 Å². The highest BCUT2D eigenvalue weighted by molar-refractivity contribution is 9.10. The van der Waals surface area contributed by atoms with Crippen molar-refractivity contribution in [1.29, 1.82) is 0 Å². The van der Waals surface area contributed by atoms with Crippen molar-refractivity contribution < 1.29 is 4.79 Å². The second-order valence-corrected chi connectivity index (χ2v) is 5.42. The third-order valence-electron chi connectivity index (χ3n) is 2.55. The zero-order chi connectivity index (χ0) is 13.5. The Balaban J connectivity index is 2.49. The molecule has 1 unspecified atom stereocenters. The van der Waals surface area contributed by atoms with Gasteiger partial charge in [0.1, 0.15) is 0 Å². The van der Waals surface area contributed by atoms with Crippen molar-refractivity contribution in [1.82, 2.24) is 10.6 Å². The van der Waals surface area contributed by atoms with E-state index < -0.39 is 0 Å². The summed E-state index contributed by atoms with van der Waals surface area (Å²) >= 11 is 9.40. The molecule has 0 heterocycles. The minimum atomic E-state index is -0.220. The molecule has 0 saturated carbocycles. The summed E-state index contributed by atoms with van der Waals surface area (Å²) in [4.78, 5) is 11.7. The lowest BCUT2D eigenvalue weighted by atomic mass is 10.2. The molecule has 0 bridgehead atoms. The number of carbonyl (C=O) groups is 1. The van der Waals surface area contributed by atoms with Gasteiger partial charge in [-0.1, -0.05) is 34.5 Å². The standard InChI is InChI=1S/C13H18BrClN2O/c1-3-6-16-13(18)9(2)17-8-10-7-11(15)4-5-12(10)14/h4-5,7,9,17H,3,6,8H2,1-2H3,(H,16,18). The molecule has 1 aromatic carbocycles. The van der Waals surface area contributed by atoms with Gasteiger partial charge < -0.3 is 10.6 Å². The average molecular weight is 334 g/mol. The van der Waals surface area contributed by atoms with Gasteiger partial charge in [-0.25, -0.2) is 0 Å². The number of amides is 1. The van der Waals surface area contributed by atoms with Crippen molar-refractivity contribution in [3.63, 3.8) is 0 Å². The van der Waals surface area contributed by atoms with E-state index in [-0.39, 0.29) is 11.9 Å². The van der Waals surface area contributed by atoms with Crippen LogP contribution in [0, 0.1) is 0 Å². The molecule has 18 heavy (non-hydrogen) atoms. The largest absolute Gasteiger partial charge is 0.355 e. The van der Waals surface area contributed by atoms with Gasteiger partial charge in [-0.15, -0.1) is 0 Å². The quantitative estimate of drug-likeness (QED) is 0.840. The SMILES string of the molecule is CCCNC(=O)C(C)NCc1cc(Cl)ccc1Br. The number of hydrogen-bond acceptors (Lipinski definition) is 2. The zero-order valence-electron chi connectivity index (χ0n) is 10.6. The van der Waals surface area contributed by atoms with E-state index in [4.69, 9.17) is 11.6 Å². The zero-order valence-corrected chi connectivity index (χ0v) is 12.9. The van der Waals surface area contributed by atoms with Crippen LogP contribution < -0.4 is 10.6 Å². The fourth-order valence-corrected chi connectivity index (χ4v) is 2.02. The van der Waals surface area contributed by atoms with Crippen LogP contribution in [0.25, 0.3) is 0 Å². The van der Waals surface area contributed by atoms with Crippen LogP contribution in [0.5, 0.6) is 0 Å². The predicted octanol–water partition coefficient (Wildman–Crippen LogP) is 3.11. The second kappa shape index (κ2) is 7.77. The molecule has 2 N–H and O–H groups in total. The third-order valence-corrected chi connectivity index (χ3v) is 3.56. The summed E-state index contributed by atoms with van der Waals surface area (Å²) in [5.41, 5.74) is 1.04. The molecule has 0 spiro atoms. The number of rotatable bonds is 6. The Morgan fingerprint density at radius 3 is 2.89 bits per heavy atom. The molecular weight excluding hydrogens is 316 g/mol. The summed E-state index contributed by atoms with van der Waals surface area (Å²) in [6, 6.07) is 5.39. The molecule has 1 amide bonds. The van der Waals surface area contributed by atoms with Gasteiger partial charge in [0.25, 0.3) is 0 Å². The van der Waals surface area contributed by atoms with Crippen LogP contribution in [0.15, 0.2) is 22.7 Å². The molecule has 0 aromatic heterocycles. The molecule has 0 aliphatic rings. The molecule has 3 nitrogen and oxygen atoms in total. The average Bonchev–Trinajstić information content (AvgIpc) is 2.36. The number of benzene rings is 1. The van der Waals surface area contributed by atoms with Crippen LogP contribution in [0.3, 0.4) is 0 Å². The van der Waals surface area contributed by atoms with Crippen molar-refractivity contribution >= 4 is 33.4 Å². The first-order chi connectivity index (χ1) is 8.54. The van der Waals surface area contributed by atoms with Crippen LogP contribution >= 0.6 is 27.5 Å².